The minimum absolute atomic E-state index is 0.0475. The van der Waals surface area contributed by atoms with E-state index in [0.29, 0.717) is 6.61 Å². The Bertz CT molecular complexity index is 241. The monoisotopic (exact) mass is 198 g/mol. The summed E-state index contributed by atoms with van der Waals surface area (Å²) in [6, 6.07) is 0. The molecule has 0 amide bonds. The second kappa shape index (κ2) is 5.42. The van der Waals surface area contributed by atoms with Crippen molar-refractivity contribution in [3.8, 4) is 0 Å². The molecule has 0 aromatic carbocycles. The summed E-state index contributed by atoms with van der Waals surface area (Å²) in [6.07, 6.45) is 4.79. The zero-order chi connectivity index (χ0) is 10.4. The van der Waals surface area contributed by atoms with Crippen LogP contribution >= 0.6 is 0 Å². The SMILES string of the molecule is CCCOC(=O)C=COC(=O)C1CC1. The van der Waals surface area contributed by atoms with E-state index in [1.54, 1.807) is 0 Å². The molecule has 0 atom stereocenters. The van der Waals surface area contributed by atoms with Crippen molar-refractivity contribution in [2.24, 2.45) is 5.92 Å². The number of rotatable bonds is 5. The van der Waals surface area contributed by atoms with E-state index in [9.17, 15) is 9.59 Å². The number of carbonyl (C=O) groups excluding carboxylic acids is 2. The predicted octanol–water partition coefficient (Wildman–Crippen LogP) is 1.41. The molecule has 4 nitrogen and oxygen atoms in total. The van der Waals surface area contributed by atoms with Gasteiger partial charge in [-0.2, -0.15) is 0 Å². The van der Waals surface area contributed by atoms with Gasteiger partial charge in [0.05, 0.1) is 18.6 Å². The van der Waals surface area contributed by atoms with Gasteiger partial charge in [0, 0.05) is 0 Å². The van der Waals surface area contributed by atoms with E-state index >= 15 is 0 Å². The lowest BCUT2D eigenvalue weighted by Gasteiger charge is -1.97. The first-order valence-corrected chi connectivity index (χ1v) is 4.78. The van der Waals surface area contributed by atoms with E-state index in [2.05, 4.69) is 0 Å². The van der Waals surface area contributed by atoms with Crippen LogP contribution in [-0.4, -0.2) is 18.5 Å². The largest absolute Gasteiger partial charge is 0.462 e. The summed E-state index contributed by atoms with van der Waals surface area (Å²) in [5.41, 5.74) is 0. The quantitative estimate of drug-likeness (QED) is 0.380. The maximum absolute atomic E-state index is 11.0. The van der Waals surface area contributed by atoms with Gasteiger partial charge in [0.25, 0.3) is 0 Å². The van der Waals surface area contributed by atoms with Crippen LogP contribution in [0.4, 0.5) is 0 Å². The Labute approximate surface area is 82.9 Å². The molecule has 0 bridgehead atoms. The first-order chi connectivity index (χ1) is 6.74. The fourth-order valence-corrected chi connectivity index (χ4v) is 0.823. The van der Waals surface area contributed by atoms with Crippen LogP contribution in [0.25, 0.3) is 0 Å². The molecule has 0 N–H and O–H groups in total. The summed E-state index contributed by atoms with van der Waals surface area (Å²) in [4.78, 5) is 21.8. The lowest BCUT2D eigenvalue weighted by atomic mass is 10.4. The summed E-state index contributed by atoms with van der Waals surface area (Å²) in [7, 11) is 0. The van der Waals surface area contributed by atoms with E-state index in [1.165, 1.54) is 0 Å². The molecule has 78 valence electrons. The van der Waals surface area contributed by atoms with Crippen molar-refractivity contribution in [3.05, 3.63) is 12.3 Å². The molecule has 1 rings (SSSR count). The molecule has 1 aliphatic rings. The highest BCUT2D eigenvalue weighted by Crippen LogP contribution is 2.30. The summed E-state index contributed by atoms with van der Waals surface area (Å²) in [5.74, 6) is -0.689. The van der Waals surface area contributed by atoms with Crippen molar-refractivity contribution in [2.45, 2.75) is 26.2 Å². The van der Waals surface area contributed by atoms with Crippen LogP contribution in [0.1, 0.15) is 26.2 Å². The summed E-state index contributed by atoms with van der Waals surface area (Å²) >= 11 is 0. The number of ether oxygens (including phenoxy) is 2. The molecule has 0 aromatic rings. The van der Waals surface area contributed by atoms with Crippen LogP contribution in [-0.2, 0) is 19.1 Å². The van der Waals surface area contributed by atoms with Gasteiger partial charge < -0.3 is 9.47 Å². The maximum Gasteiger partial charge on any atom is 0.333 e. The van der Waals surface area contributed by atoms with Gasteiger partial charge in [-0.25, -0.2) is 4.79 Å². The van der Waals surface area contributed by atoms with Crippen molar-refractivity contribution in [3.63, 3.8) is 0 Å². The normalized spacial score (nSPS) is 15.5. The van der Waals surface area contributed by atoms with Crippen molar-refractivity contribution < 1.29 is 19.1 Å². The summed E-state index contributed by atoms with van der Waals surface area (Å²) in [5, 5.41) is 0. The van der Waals surface area contributed by atoms with Gasteiger partial charge in [0.1, 0.15) is 6.26 Å². The van der Waals surface area contributed by atoms with Gasteiger partial charge in [-0.05, 0) is 19.3 Å². The zero-order valence-electron chi connectivity index (χ0n) is 8.19. The third-order valence-corrected chi connectivity index (χ3v) is 1.75. The highest BCUT2D eigenvalue weighted by Gasteiger charge is 2.30. The molecular weight excluding hydrogens is 184 g/mol. The molecular formula is C10H14O4. The summed E-state index contributed by atoms with van der Waals surface area (Å²) < 4.78 is 9.43. The Morgan fingerprint density at radius 2 is 2.14 bits per heavy atom. The van der Waals surface area contributed by atoms with Crippen LogP contribution < -0.4 is 0 Å². The van der Waals surface area contributed by atoms with Crippen molar-refractivity contribution in [2.75, 3.05) is 6.61 Å². The lowest BCUT2D eigenvalue weighted by Crippen LogP contribution is -2.04. The van der Waals surface area contributed by atoms with Gasteiger partial charge in [-0.3, -0.25) is 4.79 Å². The van der Waals surface area contributed by atoms with E-state index in [1.807, 2.05) is 6.92 Å². The minimum Gasteiger partial charge on any atom is -0.462 e. The number of esters is 2. The average Bonchev–Trinajstić information content (AvgIpc) is 2.97. The standard InChI is InChI=1S/C10H14O4/c1-2-6-13-9(11)5-7-14-10(12)8-3-4-8/h5,7-8H,2-4,6H2,1H3. The highest BCUT2D eigenvalue weighted by molar-refractivity contribution is 5.82. The van der Waals surface area contributed by atoms with Gasteiger partial charge in [-0.1, -0.05) is 6.92 Å². The molecule has 1 fully saturated rings. The molecule has 0 aliphatic heterocycles. The minimum atomic E-state index is -0.476. The summed E-state index contributed by atoms with van der Waals surface area (Å²) in [6.45, 7) is 2.30. The molecule has 1 aliphatic carbocycles. The average molecular weight is 198 g/mol. The second-order valence-corrected chi connectivity index (χ2v) is 3.18. The number of carbonyl (C=O) groups is 2. The molecule has 4 heteroatoms. The fourth-order valence-electron chi connectivity index (χ4n) is 0.823. The van der Waals surface area contributed by atoms with Crippen LogP contribution in [0.5, 0.6) is 0 Å². The first-order valence-electron chi connectivity index (χ1n) is 4.78. The number of hydrogen-bond acceptors (Lipinski definition) is 4. The second-order valence-electron chi connectivity index (χ2n) is 3.18. The molecule has 14 heavy (non-hydrogen) atoms. The Morgan fingerprint density at radius 3 is 2.71 bits per heavy atom. The van der Waals surface area contributed by atoms with Crippen LogP contribution in [0.15, 0.2) is 12.3 Å². The lowest BCUT2D eigenvalue weighted by molar-refractivity contribution is -0.140. The smallest absolute Gasteiger partial charge is 0.333 e. The maximum atomic E-state index is 11.0. The first kappa shape index (κ1) is 10.8. The van der Waals surface area contributed by atoms with E-state index in [-0.39, 0.29) is 11.9 Å². The molecule has 0 radical (unpaired) electrons. The molecule has 0 heterocycles. The fraction of sp³-hybridized carbons (Fsp3) is 0.600. The van der Waals surface area contributed by atoms with Gasteiger partial charge in [-0.15, -0.1) is 0 Å². The van der Waals surface area contributed by atoms with Crippen LogP contribution in [0.2, 0.25) is 0 Å². The molecule has 0 aromatic heterocycles. The van der Waals surface area contributed by atoms with E-state index < -0.39 is 5.97 Å². The Hall–Kier alpha value is -1.32. The predicted molar refractivity (Wildman–Crippen MR) is 49.2 cm³/mol. The third kappa shape index (κ3) is 4.07. The van der Waals surface area contributed by atoms with E-state index in [4.69, 9.17) is 9.47 Å². The van der Waals surface area contributed by atoms with Gasteiger partial charge in [0.15, 0.2) is 0 Å². The van der Waals surface area contributed by atoms with Crippen LogP contribution in [0, 0.1) is 5.92 Å². The molecule has 0 unspecified atom stereocenters. The topological polar surface area (TPSA) is 52.6 Å². The van der Waals surface area contributed by atoms with Crippen molar-refractivity contribution in [1.82, 2.24) is 0 Å². The Morgan fingerprint density at radius 1 is 1.43 bits per heavy atom. The Kier molecular flexibility index (Phi) is 4.16. The number of hydrogen-bond donors (Lipinski definition) is 0. The highest BCUT2D eigenvalue weighted by atomic mass is 16.5. The van der Waals surface area contributed by atoms with E-state index in [0.717, 1.165) is 31.6 Å². The van der Waals surface area contributed by atoms with Crippen molar-refractivity contribution in [1.29, 1.82) is 0 Å². The zero-order valence-corrected chi connectivity index (χ0v) is 8.19. The van der Waals surface area contributed by atoms with Crippen molar-refractivity contribution >= 4 is 11.9 Å². The third-order valence-electron chi connectivity index (χ3n) is 1.75. The molecule has 1 saturated carbocycles. The van der Waals surface area contributed by atoms with Gasteiger partial charge >= 0.3 is 11.9 Å². The molecule has 0 spiro atoms. The molecule has 0 saturated heterocycles. The van der Waals surface area contributed by atoms with Crippen LogP contribution in [0.3, 0.4) is 0 Å². The Balaban J connectivity index is 2.12. The van der Waals surface area contributed by atoms with Gasteiger partial charge in [0.2, 0.25) is 0 Å².